The summed E-state index contributed by atoms with van der Waals surface area (Å²) in [6, 6.07) is -0.0261. The third-order valence-electron chi connectivity index (χ3n) is 3.37. The van der Waals surface area contributed by atoms with Gasteiger partial charge in [0.25, 0.3) is 10.0 Å². The third-order valence-corrected chi connectivity index (χ3v) is 6.55. The maximum absolute atomic E-state index is 12.3. The lowest BCUT2D eigenvalue weighted by molar-refractivity contribution is 0.453. The van der Waals surface area contributed by atoms with E-state index in [1.54, 1.807) is 6.92 Å². The van der Waals surface area contributed by atoms with Crippen LogP contribution >= 0.6 is 23.7 Å². The zero-order valence-electron chi connectivity index (χ0n) is 11.0. The molecule has 0 amide bonds. The minimum absolute atomic E-state index is 0. The second-order valence-corrected chi connectivity index (χ2v) is 7.87. The Hall–Kier alpha value is -0.210. The number of nitrogens with two attached hydrogens (primary N) is 1. The van der Waals surface area contributed by atoms with Crippen molar-refractivity contribution in [2.24, 2.45) is 11.7 Å². The maximum Gasteiger partial charge on any atom is 0.252 e. The molecule has 0 radical (unpaired) electrons. The fourth-order valence-corrected chi connectivity index (χ4v) is 5.33. The molecule has 2 unspecified atom stereocenters. The minimum atomic E-state index is -3.45. The molecule has 0 aromatic carbocycles. The van der Waals surface area contributed by atoms with E-state index >= 15 is 0 Å². The molecule has 1 aromatic heterocycles. The Morgan fingerprint density at radius 1 is 1.42 bits per heavy atom. The molecule has 1 heterocycles. The number of aromatic nitrogens is 1. The lowest BCUT2D eigenvalue weighted by atomic mass is 10.1. The van der Waals surface area contributed by atoms with Crippen LogP contribution in [0.2, 0.25) is 0 Å². The molecule has 1 fully saturated rings. The van der Waals surface area contributed by atoms with E-state index < -0.39 is 10.0 Å². The van der Waals surface area contributed by atoms with E-state index in [1.165, 1.54) is 11.3 Å². The van der Waals surface area contributed by atoms with Gasteiger partial charge in [0.1, 0.15) is 0 Å². The molecule has 2 rings (SSSR count). The van der Waals surface area contributed by atoms with Crippen molar-refractivity contribution in [2.75, 3.05) is 6.54 Å². The number of hydrogen-bond acceptors (Lipinski definition) is 5. The zero-order chi connectivity index (χ0) is 13.3. The quantitative estimate of drug-likeness (QED) is 0.880. The molecule has 110 valence electrons. The highest BCUT2D eigenvalue weighted by atomic mass is 35.5. The fraction of sp³-hybridized carbons (Fsp3) is 0.727. The number of rotatable bonds is 4. The van der Waals surface area contributed by atoms with Gasteiger partial charge in [0.15, 0.2) is 4.21 Å². The van der Waals surface area contributed by atoms with E-state index in [0.29, 0.717) is 16.4 Å². The maximum atomic E-state index is 12.3. The van der Waals surface area contributed by atoms with E-state index in [1.807, 2.05) is 6.92 Å². The van der Waals surface area contributed by atoms with Crippen LogP contribution in [0, 0.1) is 19.8 Å². The number of nitrogens with one attached hydrogen (secondary N) is 1. The molecule has 19 heavy (non-hydrogen) atoms. The van der Waals surface area contributed by atoms with Crippen LogP contribution in [-0.4, -0.2) is 26.0 Å². The van der Waals surface area contributed by atoms with Crippen LogP contribution in [0.15, 0.2) is 4.21 Å². The lowest BCUT2D eigenvalue weighted by Crippen LogP contribution is -2.39. The Bertz CT molecular complexity index is 530. The van der Waals surface area contributed by atoms with Gasteiger partial charge in [-0.1, -0.05) is 6.42 Å². The molecule has 0 bridgehead atoms. The fourth-order valence-electron chi connectivity index (χ4n) is 2.49. The average Bonchev–Trinajstić information content (AvgIpc) is 2.84. The van der Waals surface area contributed by atoms with E-state index in [9.17, 15) is 8.42 Å². The molecule has 1 aromatic rings. The Labute approximate surface area is 124 Å². The molecule has 8 heteroatoms. The zero-order valence-corrected chi connectivity index (χ0v) is 13.5. The van der Waals surface area contributed by atoms with Crippen molar-refractivity contribution in [1.82, 2.24) is 9.71 Å². The Balaban J connectivity index is 0.00000180. The second-order valence-electron chi connectivity index (χ2n) is 4.76. The standard InChI is InChI=1S/C11H19N3O2S2.ClH/c1-7-11(17-8(2)13-7)18(15,16)14-10-5-3-4-9(10)6-12;/h9-10,14H,3-6,12H2,1-2H3;1H. The molecule has 1 aliphatic rings. The monoisotopic (exact) mass is 325 g/mol. The van der Waals surface area contributed by atoms with Crippen molar-refractivity contribution in [2.45, 2.75) is 43.4 Å². The number of nitrogens with zero attached hydrogens (tertiary/aromatic N) is 1. The van der Waals surface area contributed by atoms with Gasteiger partial charge >= 0.3 is 0 Å². The Morgan fingerprint density at radius 3 is 2.63 bits per heavy atom. The molecular formula is C11H20ClN3O2S2. The first-order valence-corrected chi connectivity index (χ1v) is 8.40. The summed E-state index contributed by atoms with van der Waals surface area (Å²) in [5.74, 6) is 0.258. The van der Waals surface area contributed by atoms with Crippen molar-refractivity contribution < 1.29 is 8.42 Å². The number of hydrogen-bond donors (Lipinski definition) is 2. The number of halogens is 1. The summed E-state index contributed by atoms with van der Waals surface area (Å²) >= 11 is 1.22. The van der Waals surface area contributed by atoms with E-state index in [2.05, 4.69) is 9.71 Å². The van der Waals surface area contributed by atoms with Crippen LogP contribution in [0.3, 0.4) is 0 Å². The second kappa shape index (κ2) is 6.49. The predicted octanol–water partition coefficient (Wildman–Crippen LogP) is 1.59. The van der Waals surface area contributed by atoms with Crippen molar-refractivity contribution in [3.8, 4) is 0 Å². The largest absolute Gasteiger partial charge is 0.330 e. The van der Waals surface area contributed by atoms with Crippen LogP contribution in [-0.2, 0) is 10.0 Å². The van der Waals surface area contributed by atoms with Crippen LogP contribution in [0.25, 0.3) is 0 Å². The van der Waals surface area contributed by atoms with Crippen LogP contribution in [0.1, 0.15) is 30.0 Å². The smallest absolute Gasteiger partial charge is 0.252 e. The van der Waals surface area contributed by atoms with Crippen LogP contribution in [0.4, 0.5) is 0 Å². The molecule has 0 saturated heterocycles. The molecule has 0 aliphatic heterocycles. The summed E-state index contributed by atoms with van der Waals surface area (Å²) < 4.78 is 27.7. The third kappa shape index (κ3) is 3.66. The Morgan fingerprint density at radius 2 is 2.11 bits per heavy atom. The van der Waals surface area contributed by atoms with Gasteiger partial charge < -0.3 is 5.73 Å². The van der Waals surface area contributed by atoms with Gasteiger partial charge in [-0.25, -0.2) is 18.1 Å². The molecule has 5 nitrogen and oxygen atoms in total. The van der Waals surface area contributed by atoms with Gasteiger partial charge in [-0.05, 0) is 39.2 Å². The summed E-state index contributed by atoms with van der Waals surface area (Å²) in [7, 11) is -3.45. The molecule has 2 atom stereocenters. The highest BCUT2D eigenvalue weighted by molar-refractivity contribution is 7.91. The topological polar surface area (TPSA) is 85.1 Å². The van der Waals surface area contributed by atoms with Gasteiger partial charge in [0, 0.05) is 6.04 Å². The van der Waals surface area contributed by atoms with Crippen LogP contribution in [0.5, 0.6) is 0 Å². The highest BCUT2D eigenvalue weighted by Gasteiger charge is 2.31. The molecule has 0 spiro atoms. The summed E-state index contributed by atoms with van der Waals surface area (Å²) in [5, 5.41) is 0.773. The van der Waals surface area contributed by atoms with Crippen molar-refractivity contribution in [1.29, 1.82) is 0 Å². The minimum Gasteiger partial charge on any atom is -0.330 e. The van der Waals surface area contributed by atoms with Gasteiger partial charge in [-0.2, -0.15) is 0 Å². The van der Waals surface area contributed by atoms with E-state index in [4.69, 9.17) is 5.73 Å². The number of aryl methyl sites for hydroxylation is 2. The predicted molar refractivity (Wildman–Crippen MR) is 79.3 cm³/mol. The van der Waals surface area contributed by atoms with Crippen molar-refractivity contribution in [3.05, 3.63) is 10.7 Å². The highest BCUT2D eigenvalue weighted by Crippen LogP contribution is 2.28. The number of thiazole rings is 1. The van der Waals surface area contributed by atoms with Gasteiger partial charge in [-0.3, -0.25) is 0 Å². The first-order chi connectivity index (χ1) is 8.44. The molecular weight excluding hydrogens is 306 g/mol. The summed E-state index contributed by atoms with van der Waals surface area (Å²) in [6.07, 6.45) is 2.91. The van der Waals surface area contributed by atoms with Crippen molar-refractivity contribution in [3.63, 3.8) is 0 Å². The first-order valence-electron chi connectivity index (χ1n) is 6.10. The first kappa shape index (κ1) is 16.8. The van der Waals surface area contributed by atoms with E-state index in [-0.39, 0.29) is 24.4 Å². The summed E-state index contributed by atoms with van der Waals surface area (Å²) in [4.78, 5) is 4.17. The molecule has 1 saturated carbocycles. The van der Waals surface area contributed by atoms with Gasteiger partial charge in [-0.15, -0.1) is 23.7 Å². The SMILES string of the molecule is Cc1nc(C)c(S(=O)(=O)NC2CCCC2CN)s1.Cl. The lowest BCUT2D eigenvalue weighted by Gasteiger charge is -2.18. The summed E-state index contributed by atoms with van der Waals surface area (Å²) in [6.45, 7) is 4.08. The Kier molecular flexibility index (Phi) is 5.76. The molecule has 1 aliphatic carbocycles. The van der Waals surface area contributed by atoms with Crippen LogP contribution < -0.4 is 10.5 Å². The average molecular weight is 326 g/mol. The number of sulfonamides is 1. The van der Waals surface area contributed by atoms with Gasteiger partial charge in [0.2, 0.25) is 0 Å². The van der Waals surface area contributed by atoms with E-state index in [0.717, 1.165) is 24.3 Å². The van der Waals surface area contributed by atoms with Gasteiger partial charge in [0.05, 0.1) is 10.7 Å². The molecule has 3 N–H and O–H groups in total. The normalized spacial score (nSPS) is 23.3. The van der Waals surface area contributed by atoms with Crippen molar-refractivity contribution >= 4 is 33.8 Å². The summed E-state index contributed by atoms with van der Waals surface area (Å²) in [5.41, 5.74) is 6.25.